The molecule has 0 fully saturated rings. The molecule has 56 valence electrons. The third-order valence-electron chi connectivity index (χ3n) is 1.34. The summed E-state index contributed by atoms with van der Waals surface area (Å²) in [6, 6.07) is 0. The first-order valence-corrected chi connectivity index (χ1v) is 5.67. The van der Waals surface area contributed by atoms with Gasteiger partial charge in [-0.3, -0.25) is 0 Å². The molecule has 2 heteroatoms. The van der Waals surface area contributed by atoms with Crippen molar-refractivity contribution in [2.75, 3.05) is 10.7 Å². The second-order valence-electron chi connectivity index (χ2n) is 2.44. The van der Waals surface area contributed by atoms with Crippen LogP contribution in [0.15, 0.2) is 0 Å². The maximum Gasteiger partial charge on any atom is 0.00570 e. The molecule has 0 bridgehead atoms. The van der Waals surface area contributed by atoms with Crippen LogP contribution in [0.3, 0.4) is 0 Å². The topological polar surface area (TPSA) is 0 Å². The third-order valence-corrected chi connectivity index (χ3v) is 3.01. The van der Waals surface area contributed by atoms with Gasteiger partial charge in [0.15, 0.2) is 0 Å². The van der Waals surface area contributed by atoms with Crippen LogP contribution in [-0.4, -0.2) is 10.7 Å². The maximum atomic E-state index is 3.46. The predicted molar refractivity (Wildman–Crippen MR) is 50.6 cm³/mol. The molecule has 0 N–H and O–H groups in total. The quantitative estimate of drug-likeness (QED) is 0.522. The standard InChI is InChI=1S/C7H14Br2/c1-7(6-9)4-2-3-5-8/h7H,2-6H2,1H3/t7-/m1/s1. The van der Waals surface area contributed by atoms with Crippen molar-refractivity contribution in [1.29, 1.82) is 0 Å². The number of hydrogen-bond acceptors (Lipinski definition) is 0. The van der Waals surface area contributed by atoms with Gasteiger partial charge in [0.25, 0.3) is 0 Å². The lowest BCUT2D eigenvalue weighted by Gasteiger charge is -2.04. The lowest BCUT2D eigenvalue weighted by atomic mass is 10.1. The van der Waals surface area contributed by atoms with Crippen LogP contribution in [0.2, 0.25) is 0 Å². The number of alkyl halides is 2. The fourth-order valence-corrected chi connectivity index (χ4v) is 1.38. The summed E-state index contributed by atoms with van der Waals surface area (Å²) in [6.07, 6.45) is 4.03. The van der Waals surface area contributed by atoms with Gasteiger partial charge in [-0.05, 0) is 18.8 Å². The summed E-state index contributed by atoms with van der Waals surface area (Å²) >= 11 is 6.86. The second kappa shape index (κ2) is 7.07. The smallest absolute Gasteiger partial charge is 0.00570 e. The molecular weight excluding hydrogens is 244 g/mol. The van der Waals surface area contributed by atoms with Crippen LogP contribution in [-0.2, 0) is 0 Å². The first-order valence-electron chi connectivity index (χ1n) is 3.43. The van der Waals surface area contributed by atoms with Gasteiger partial charge in [0.2, 0.25) is 0 Å². The summed E-state index contributed by atoms with van der Waals surface area (Å²) in [7, 11) is 0. The largest absolute Gasteiger partial charge is 0.0928 e. The van der Waals surface area contributed by atoms with E-state index < -0.39 is 0 Å². The summed E-state index contributed by atoms with van der Waals surface area (Å²) in [4.78, 5) is 0. The Morgan fingerprint density at radius 2 is 1.89 bits per heavy atom. The highest BCUT2D eigenvalue weighted by molar-refractivity contribution is 9.09. The van der Waals surface area contributed by atoms with Gasteiger partial charge in [0, 0.05) is 10.7 Å². The van der Waals surface area contributed by atoms with E-state index in [1.807, 2.05) is 0 Å². The van der Waals surface area contributed by atoms with Gasteiger partial charge in [-0.1, -0.05) is 45.2 Å². The van der Waals surface area contributed by atoms with E-state index in [1.165, 1.54) is 19.3 Å². The molecule has 0 radical (unpaired) electrons. The summed E-state index contributed by atoms with van der Waals surface area (Å²) in [6.45, 7) is 2.28. The zero-order valence-corrected chi connectivity index (χ0v) is 9.04. The molecule has 0 rings (SSSR count). The normalized spacial score (nSPS) is 13.7. The van der Waals surface area contributed by atoms with Crippen LogP contribution >= 0.6 is 31.9 Å². The summed E-state index contributed by atoms with van der Waals surface area (Å²) in [5.41, 5.74) is 0. The lowest BCUT2D eigenvalue weighted by molar-refractivity contribution is 0.563. The van der Waals surface area contributed by atoms with Gasteiger partial charge >= 0.3 is 0 Å². The first-order chi connectivity index (χ1) is 4.31. The number of halogens is 2. The Labute approximate surface area is 74.7 Å². The predicted octanol–water partition coefficient (Wildman–Crippen LogP) is 3.58. The highest BCUT2D eigenvalue weighted by Crippen LogP contribution is 2.10. The van der Waals surface area contributed by atoms with Crippen LogP contribution in [0.1, 0.15) is 26.2 Å². The lowest BCUT2D eigenvalue weighted by Crippen LogP contribution is -1.94. The van der Waals surface area contributed by atoms with Crippen molar-refractivity contribution in [3.8, 4) is 0 Å². The Balaban J connectivity index is 2.88. The molecule has 0 aromatic heterocycles. The first kappa shape index (κ1) is 9.96. The Morgan fingerprint density at radius 3 is 2.33 bits per heavy atom. The van der Waals surface area contributed by atoms with E-state index in [0.29, 0.717) is 0 Å². The molecule has 9 heavy (non-hydrogen) atoms. The maximum absolute atomic E-state index is 3.46. The van der Waals surface area contributed by atoms with Crippen LogP contribution in [0, 0.1) is 5.92 Å². The van der Waals surface area contributed by atoms with E-state index in [1.54, 1.807) is 0 Å². The number of unbranched alkanes of at least 4 members (excludes halogenated alkanes) is 1. The Morgan fingerprint density at radius 1 is 1.22 bits per heavy atom. The molecule has 0 heterocycles. The van der Waals surface area contributed by atoms with Crippen molar-refractivity contribution in [3.63, 3.8) is 0 Å². The fourth-order valence-electron chi connectivity index (χ4n) is 0.664. The van der Waals surface area contributed by atoms with E-state index in [4.69, 9.17) is 0 Å². The molecule has 0 aromatic carbocycles. The average Bonchev–Trinajstić information content (AvgIpc) is 1.89. The van der Waals surface area contributed by atoms with Crippen LogP contribution in [0.25, 0.3) is 0 Å². The van der Waals surface area contributed by atoms with Crippen LogP contribution in [0.4, 0.5) is 0 Å². The molecule has 0 spiro atoms. The zero-order valence-electron chi connectivity index (χ0n) is 5.87. The van der Waals surface area contributed by atoms with Crippen LogP contribution in [0.5, 0.6) is 0 Å². The van der Waals surface area contributed by atoms with Gasteiger partial charge in [-0.15, -0.1) is 0 Å². The van der Waals surface area contributed by atoms with Crippen LogP contribution < -0.4 is 0 Å². The molecule has 0 unspecified atom stereocenters. The molecule has 0 amide bonds. The van der Waals surface area contributed by atoms with E-state index in [-0.39, 0.29) is 0 Å². The average molecular weight is 258 g/mol. The van der Waals surface area contributed by atoms with Crippen molar-refractivity contribution in [1.82, 2.24) is 0 Å². The second-order valence-corrected chi connectivity index (χ2v) is 3.88. The Hall–Kier alpha value is 0.960. The molecule has 0 aliphatic heterocycles. The molecule has 0 aliphatic rings. The molecule has 0 aliphatic carbocycles. The molecule has 1 atom stereocenters. The zero-order chi connectivity index (χ0) is 7.11. The minimum absolute atomic E-state index is 0.851. The number of hydrogen-bond donors (Lipinski definition) is 0. The Bertz CT molecular complexity index is 54.9. The molecule has 0 saturated carbocycles. The molecule has 0 saturated heterocycles. The van der Waals surface area contributed by atoms with Gasteiger partial charge in [0.1, 0.15) is 0 Å². The van der Waals surface area contributed by atoms with Crippen molar-refractivity contribution >= 4 is 31.9 Å². The van der Waals surface area contributed by atoms with Crippen molar-refractivity contribution in [2.24, 2.45) is 5.92 Å². The summed E-state index contributed by atoms with van der Waals surface area (Å²) in [5, 5.41) is 2.30. The van der Waals surface area contributed by atoms with E-state index in [0.717, 1.165) is 16.6 Å². The van der Waals surface area contributed by atoms with E-state index >= 15 is 0 Å². The highest BCUT2D eigenvalue weighted by Gasteiger charge is 1.97. The van der Waals surface area contributed by atoms with Gasteiger partial charge in [-0.25, -0.2) is 0 Å². The van der Waals surface area contributed by atoms with Gasteiger partial charge in [0.05, 0.1) is 0 Å². The minimum Gasteiger partial charge on any atom is -0.0928 e. The van der Waals surface area contributed by atoms with Crippen molar-refractivity contribution in [2.45, 2.75) is 26.2 Å². The summed E-state index contributed by atoms with van der Waals surface area (Å²) in [5.74, 6) is 0.851. The molecule has 0 nitrogen and oxygen atoms in total. The van der Waals surface area contributed by atoms with Crippen molar-refractivity contribution < 1.29 is 0 Å². The molecular formula is C7H14Br2. The fraction of sp³-hybridized carbons (Fsp3) is 1.00. The van der Waals surface area contributed by atoms with E-state index in [9.17, 15) is 0 Å². The number of rotatable bonds is 5. The highest BCUT2D eigenvalue weighted by atomic mass is 79.9. The van der Waals surface area contributed by atoms with Gasteiger partial charge < -0.3 is 0 Å². The Kier molecular flexibility index (Phi) is 7.83. The van der Waals surface area contributed by atoms with Crippen molar-refractivity contribution in [3.05, 3.63) is 0 Å². The van der Waals surface area contributed by atoms with Gasteiger partial charge in [-0.2, -0.15) is 0 Å². The monoisotopic (exact) mass is 256 g/mol. The third kappa shape index (κ3) is 6.85. The SMILES string of the molecule is C[C@@H](CBr)CCCCBr. The minimum atomic E-state index is 0.851. The summed E-state index contributed by atoms with van der Waals surface area (Å²) < 4.78 is 0. The van der Waals surface area contributed by atoms with E-state index in [2.05, 4.69) is 38.8 Å². The molecule has 0 aromatic rings.